The number of Topliss-reactive ketones (excluding diaryl/α,β-unsaturated/α-hetero) is 1. The topological polar surface area (TPSA) is 76.1 Å². The van der Waals surface area contributed by atoms with Gasteiger partial charge in [0.25, 0.3) is 11.7 Å². The molecule has 8 heteroatoms. The molecule has 3 aromatic rings. The molecule has 0 spiro atoms. The zero-order valence-electron chi connectivity index (χ0n) is 17.4. The first-order valence-corrected chi connectivity index (χ1v) is 11.1. The van der Waals surface area contributed by atoms with E-state index in [1.807, 2.05) is 24.4 Å². The minimum atomic E-state index is -0.784. The Morgan fingerprint density at radius 1 is 1.16 bits per heavy atom. The van der Waals surface area contributed by atoms with Crippen molar-refractivity contribution in [1.29, 1.82) is 0 Å². The van der Waals surface area contributed by atoms with Gasteiger partial charge in [-0.25, -0.2) is 0 Å². The third-order valence-corrected chi connectivity index (χ3v) is 6.33. The number of amides is 1. The molecule has 164 valence electrons. The van der Waals surface area contributed by atoms with Gasteiger partial charge in [0.2, 0.25) is 0 Å². The number of aliphatic hydroxyl groups excluding tert-OH is 1. The van der Waals surface area contributed by atoms with E-state index in [1.165, 1.54) is 29.4 Å². The summed E-state index contributed by atoms with van der Waals surface area (Å²) < 4.78 is 10.8. The smallest absolute Gasteiger partial charge is 0.300 e. The van der Waals surface area contributed by atoms with E-state index >= 15 is 0 Å². The van der Waals surface area contributed by atoms with Crippen LogP contribution in [0.15, 0.2) is 65.6 Å². The number of benzene rings is 2. The minimum Gasteiger partial charge on any atom is -0.507 e. The molecule has 2 aromatic carbocycles. The highest BCUT2D eigenvalue weighted by molar-refractivity contribution is 7.10. The second kappa shape index (κ2) is 9.06. The number of methoxy groups -OCH3 is 1. The fraction of sp³-hybridized carbons (Fsp3) is 0.167. The van der Waals surface area contributed by atoms with Crippen LogP contribution in [0.25, 0.3) is 5.76 Å². The van der Waals surface area contributed by atoms with Crippen LogP contribution in [0.5, 0.6) is 11.5 Å². The van der Waals surface area contributed by atoms with E-state index in [9.17, 15) is 14.7 Å². The van der Waals surface area contributed by atoms with Gasteiger partial charge in [-0.3, -0.25) is 14.5 Å². The second-order valence-electron chi connectivity index (χ2n) is 6.96. The number of aliphatic hydroxyl groups is 1. The molecule has 1 N–H and O–H groups in total. The van der Waals surface area contributed by atoms with Crippen molar-refractivity contribution in [1.82, 2.24) is 0 Å². The van der Waals surface area contributed by atoms with Gasteiger partial charge in [-0.15, -0.1) is 11.3 Å². The van der Waals surface area contributed by atoms with Gasteiger partial charge in [-0.1, -0.05) is 23.7 Å². The predicted octanol–water partition coefficient (Wildman–Crippen LogP) is 5.44. The molecule has 4 rings (SSSR count). The van der Waals surface area contributed by atoms with Crippen LogP contribution in [0.3, 0.4) is 0 Å². The molecule has 1 unspecified atom stereocenters. The number of thiophene rings is 1. The SMILES string of the molecule is CCOc1cccc(N2C(=O)C(=O)/C(=C(\O)c3ccc(Cl)c(OC)c3)C2c2cccs2)c1. The summed E-state index contributed by atoms with van der Waals surface area (Å²) in [6, 6.07) is 14.5. The number of hydrogen-bond donors (Lipinski definition) is 1. The molecule has 1 fully saturated rings. The Labute approximate surface area is 194 Å². The fourth-order valence-electron chi connectivity index (χ4n) is 3.67. The number of anilines is 1. The largest absolute Gasteiger partial charge is 0.507 e. The van der Waals surface area contributed by atoms with Gasteiger partial charge in [0.05, 0.1) is 24.3 Å². The maximum atomic E-state index is 13.2. The highest BCUT2D eigenvalue weighted by Gasteiger charge is 2.47. The summed E-state index contributed by atoms with van der Waals surface area (Å²) in [6.07, 6.45) is 0. The highest BCUT2D eigenvalue weighted by Crippen LogP contribution is 2.44. The van der Waals surface area contributed by atoms with E-state index in [1.54, 1.807) is 36.4 Å². The Bertz CT molecular complexity index is 1200. The van der Waals surface area contributed by atoms with Crippen LogP contribution >= 0.6 is 22.9 Å². The second-order valence-corrected chi connectivity index (χ2v) is 8.35. The summed E-state index contributed by atoms with van der Waals surface area (Å²) in [5, 5.41) is 13.4. The lowest BCUT2D eigenvalue weighted by molar-refractivity contribution is -0.132. The Morgan fingerprint density at radius 3 is 2.66 bits per heavy atom. The maximum Gasteiger partial charge on any atom is 0.300 e. The van der Waals surface area contributed by atoms with E-state index in [4.69, 9.17) is 21.1 Å². The molecule has 6 nitrogen and oxygen atoms in total. The molecular formula is C24H20ClNO5S. The predicted molar refractivity (Wildman–Crippen MR) is 125 cm³/mol. The van der Waals surface area contributed by atoms with Crippen molar-refractivity contribution in [2.75, 3.05) is 18.6 Å². The number of ketones is 1. The zero-order valence-corrected chi connectivity index (χ0v) is 18.9. The molecule has 1 aliphatic heterocycles. The average molecular weight is 470 g/mol. The molecule has 1 aromatic heterocycles. The highest BCUT2D eigenvalue weighted by atomic mass is 35.5. The number of carbonyl (C=O) groups excluding carboxylic acids is 2. The molecular weight excluding hydrogens is 450 g/mol. The first kappa shape index (κ1) is 21.9. The molecule has 1 atom stereocenters. The van der Waals surface area contributed by atoms with Gasteiger partial charge in [0.15, 0.2) is 0 Å². The van der Waals surface area contributed by atoms with Gasteiger partial charge in [0, 0.05) is 22.2 Å². The summed E-state index contributed by atoms with van der Waals surface area (Å²) in [7, 11) is 1.46. The normalized spacial score (nSPS) is 17.6. The Balaban J connectivity index is 1.89. The number of nitrogens with zero attached hydrogens (tertiary/aromatic N) is 1. The summed E-state index contributed by atoms with van der Waals surface area (Å²) in [4.78, 5) is 28.4. The van der Waals surface area contributed by atoms with Gasteiger partial charge in [-0.2, -0.15) is 0 Å². The lowest BCUT2D eigenvalue weighted by Crippen LogP contribution is -2.29. The molecule has 32 heavy (non-hydrogen) atoms. The van der Waals surface area contributed by atoms with Crippen LogP contribution in [0.2, 0.25) is 5.02 Å². The van der Waals surface area contributed by atoms with Crippen molar-refractivity contribution in [3.8, 4) is 11.5 Å². The minimum absolute atomic E-state index is 0.00337. The standard InChI is InChI=1S/C24H20ClNO5S/c1-3-31-16-7-4-6-15(13-16)26-21(19-8-5-11-32-19)20(23(28)24(26)29)22(27)14-9-10-17(25)18(12-14)30-2/h4-13,21,27H,3H2,1-2H3/b22-20-. The summed E-state index contributed by atoms with van der Waals surface area (Å²) >= 11 is 7.50. The van der Waals surface area contributed by atoms with Crippen molar-refractivity contribution in [3.05, 3.63) is 81.0 Å². The molecule has 0 bridgehead atoms. The van der Waals surface area contributed by atoms with Gasteiger partial charge >= 0.3 is 0 Å². The van der Waals surface area contributed by atoms with Crippen molar-refractivity contribution >= 4 is 46.1 Å². The van der Waals surface area contributed by atoms with Gasteiger partial charge in [-0.05, 0) is 48.7 Å². The summed E-state index contributed by atoms with van der Waals surface area (Å²) in [6.45, 7) is 2.33. The Kier molecular flexibility index (Phi) is 6.21. The molecule has 0 saturated carbocycles. The number of halogens is 1. The number of carbonyl (C=O) groups is 2. The van der Waals surface area contributed by atoms with E-state index in [2.05, 4.69) is 0 Å². The number of ether oxygens (including phenoxy) is 2. The van der Waals surface area contributed by atoms with Crippen molar-refractivity contribution in [2.24, 2.45) is 0 Å². The van der Waals surface area contributed by atoms with E-state index < -0.39 is 17.7 Å². The Morgan fingerprint density at radius 2 is 1.97 bits per heavy atom. The van der Waals surface area contributed by atoms with E-state index in [0.717, 1.165) is 4.88 Å². The summed E-state index contributed by atoms with van der Waals surface area (Å²) in [5.41, 5.74) is 0.835. The molecule has 2 heterocycles. The zero-order chi connectivity index (χ0) is 22.8. The van der Waals surface area contributed by atoms with Crippen LogP contribution in [0.4, 0.5) is 5.69 Å². The number of hydrogen-bond acceptors (Lipinski definition) is 6. The van der Waals surface area contributed by atoms with Crippen LogP contribution in [-0.2, 0) is 9.59 Å². The third-order valence-electron chi connectivity index (χ3n) is 5.09. The third kappa shape index (κ3) is 3.85. The molecule has 0 aliphatic carbocycles. The van der Waals surface area contributed by atoms with Crippen LogP contribution in [0, 0.1) is 0 Å². The first-order chi connectivity index (χ1) is 15.5. The molecule has 0 radical (unpaired) electrons. The van der Waals surface area contributed by atoms with Gasteiger partial charge < -0.3 is 14.6 Å². The lowest BCUT2D eigenvalue weighted by Gasteiger charge is -2.24. The monoisotopic (exact) mass is 469 g/mol. The molecule has 1 aliphatic rings. The van der Waals surface area contributed by atoms with Crippen molar-refractivity contribution < 1.29 is 24.2 Å². The number of rotatable bonds is 6. The molecule has 1 amide bonds. The maximum absolute atomic E-state index is 13.2. The van der Waals surface area contributed by atoms with Crippen LogP contribution in [-0.4, -0.2) is 30.5 Å². The van der Waals surface area contributed by atoms with E-state index in [-0.39, 0.29) is 11.3 Å². The van der Waals surface area contributed by atoms with Crippen LogP contribution in [0.1, 0.15) is 23.4 Å². The quantitative estimate of drug-likeness (QED) is 0.296. The Hall–Kier alpha value is -3.29. The van der Waals surface area contributed by atoms with Crippen molar-refractivity contribution in [3.63, 3.8) is 0 Å². The fourth-order valence-corrected chi connectivity index (χ4v) is 4.69. The van der Waals surface area contributed by atoms with Crippen molar-refractivity contribution in [2.45, 2.75) is 13.0 Å². The lowest BCUT2D eigenvalue weighted by atomic mass is 9.99. The van der Waals surface area contributed by atoms with Gasteiger partial charge in [0.1, 0.15) is 23.3 Å². The summed E-state index contributed by atoms with van der Waals surface area (Å²) in [5.74, 6) is -0.849. The van der Waals surface area contributed by atoms with Crippen LogP contribution < -0.4 is 14.4 Å². The average Bonchev–Trinajstić information content (AvgIpc) is 3.41. The molecule has 1 saturated heterocycles. The van der Waals surface area contributed by atoms with E-state index in [0.29, 0.717) is 34.4 Å². The first-order valence-electron chi connectivity index (χ1n) is 9.87.